The maximum absolute atomic E-state index is 3.75. The Bertz CT molecular complexity index is 242. The summed E-state index contributed by atoms with van der Waals surface area (Å²) in [5, 5.41) is 3.75. The fourth-order valence-corrected chi connectivity index (χ4v) is 3.34. The Kier molecular flexibility index (Phi) is 6.82. The molecule has 0 radical (unpaired) electrons. The normalized spacial score (nSPS) is 23.2. The number of rotatable bonds is 7. The summed E-state index contributed by atoms with van der Waals surface area (Å²) >= 11 is 0. The molecule has 1 aliphatic rings. The van der Waals surface area contributed by atoms with Crippen LogP contribution in [0.2, 0.25) is 0 Å². The Morgan fingerprint density at radius 1 is 1.26 bits per heavy atom. The monoisotopic (exact) mass is 268 g/mol. The van der Waals surface area contributed by atoms with E-state index in [0.29, 0.717) is 11.5 Å². The average Bonchev–Trinajstić information content (AvgIpc) is 2.75. The first-order valence-electron chi connectivity index (χ1n) is 8.33. The van der Waals surface area contributed by atoms with Crippen LogP contribution in [0, 0.1) is 11.3 Å². The van der Waals surface area contributed by atoms with Gasteiger partial charge in [0.05, 0.1) is 0 Å². The summed E-state index contributed by atoms with van der Waals surface area (Å²) in [6.07, 6.45) is 5.31. The molecule has 2 nitrogen and oxygen atoms in total. The van der Waals surface area contributed by atoms with Gasteiger partial charge >= 0.3 is 0 Å². The molecular formula is C17H36N2. The predicted molar refractivity (Wildman–Crippen MR) is 85.6 cm³/mol. The molecule has 2 unspecified atom stereocenters. The third-order valence-corrected chi connectivity index (χ3v) is 4.57. The van der Waals surface area contributed by atoms with Gasteiger partial charge in [-0.3, -0.25) is 0 Å². The molecule has 0 amide bonds. The van der Waals surface area contributed by atoms with Crippen LogP contribution in [0.3, 0.4) is 0 Å². The summed E-state index contributed by atoms with van der Waals surface area (Å²) in [4.78, 5) is 2.73. The van der Waals surface area contributed by atoms with Gasteiger partial charge < -0.3 is 10.2 Å². The molecule has 1 fully saturated rings. The maximum Gasteiger partial charge on any atom is 0.0128 e. The van der Waals surface area contributed by atoms with Crippen molar-refractivity contribution in [1.29, 1.82) is 0 Å². The van der Waals surface area contributed by atoms with E-state index in [2.05, 4.69) is 51.8 Å². The van der Waals surface area contributed by atoms with Gasteiger partial charge in [0.2, 0.25) is 0 Å². The molecule has 0 aromatic heterocycles. The highest BCUT2D eigenvalue weighted by Gasteiger charge is 2.29. The molecule has 1 N–H and O–H groups in total. The van der Waals surface area contributed by atoms with Crippen LogP contribution in [-0.2, 0) is 0 Å². The number of nitrogens with zero attached hydrogens (tertiary/aromatic N) is 1. The van der Waals surface area contributed by atoms with Crippen molar-refractivity contribution in [3.05, 3.63) is 0 Å². The molecule has 0 aromatic rings. The topological polar surface area (TPSA) is 15.3 Å². The second-order valence-corrected chi connectivity index (χ2v) is 7.65. The molecule has 1 heterocycles. The Hall–Kier alpha value is -0.0800. The van der Waals surface area contributed by atoms with Gasteiger partial charge in [-0.05, 0) is 56.7 Å². The van der Waals surface area contributed by atoms with E-state index < -0.39 is 0 Å². The van der Waals surface area contributed by atoms with E-state index in [-0.39, 0.29) is 0 Å². The first kappa shape index (κ1) is 17.0. The third-order valence-electron chi connectivity index (χ3n) is 4.57. The molecule has 1 aliphatic heterocycles. The van der Waals surface area contributed by atoms with Crippen molar-refractivity contribution in [3.63, 3.8) is 0 Å². The second-order valence-electron chi connectivity index (χ2n) is 7.65. The highest BCUT2D eigenvalue weighted by Crippen LogP contribution is 2.26. The van der Waals surface area contributed by atoms with Gasteiger partial charge in [-0.1, -0.05) is 41.5 Å². The minimum Gasteiger partial charge on any atom is -0.313 e. The molecule has 0 aliphatic carbocycles. The lowest BCUT2D eigenvalue weighted by Crippen LogP contribution is -2.44. The predicted octanol–water partition coefficient (Wildman–Crippen LogP) is 3.91. The number of hydrogen-bond acceptors (Lipinski definition) is 2. The van der Waals surface area contributed by atoms with Crippen LogP contribution in [0.4, 0.5) is 0 Å². The van der Waals surface area contributed by atoms with Crippen LogP contribution in [0.5, 0.6) is 0 Å². The van der Waals surface area contributed by atoms with Crippen molar-refractivity contribution in [2.24, 2.45) is 11.3 Å². The number of likely N-dealkylation sites (tertiary alicyclic amines) is 1. The number of hydrogen-bond donors (Lipinski definition) is 1. The largest absolute Gasteiger partial charge is 0.313 e. The van der Waals surface area contributed by atoms with Crippen LogP contribution >= 0.6 is 0 Å². The molecule has 19 heavy (non-hydrogen) atoms. The van der Waals surface area contributed by atoms with E-state index in [1.54, 1.807) is 0 Å². The highest BCUT2D eigenvalue weighted by molar-refractivity contribution is 4.86. The van der Waals surface area contributed by atoms with Crippen molar-refractivity contribution >= 4 is 0 Å². The Balaban J connectivity index is 2.46. The van der Waals surface area contributed by atoms with Crippen LogP contribution < -0.4 is 5.32 Å². The fourth-order valence-electron chi connectivity index (χ4n) is 3.34. The molecule has 2 atom stereocenters. The third kappa shape index (κ3) is 5.43. The van der Waals surface area contributed by atoms with Gasteiger partial charge in [-0.25, -0.2) is 0 Å². The second kappa shape index (κ2) is 7.64. The van der Waals surface area contributed by atoms with Crippen LogP contribution in [0.15, 0.2) is 0 Å². The molecule has 0 saturated carbocycles. The molecule has 1 saturated heterocycles. The summed E-state index contributed by atoms with van der Waals surface area (Å²) in [5.41, 5.74) is 0.363. The first-order chi connectivity index (χ1) is 8.86. The van der Waals surface area contributed by atoms with Gasteiger partial charge in [-0.2, -0.15) is 0 Å². The molecule has 0 spiro atoms. The lowest BCUT2D eigenvalue weighted by molar-refractivity contribution is 0.171. The van der Waals surface area contributed by atoms with E-state index in [9.17, 15) is 0 Å². The maximum atomic E-state index is 3.75. The fraction of sp³-hybridized carbons (Fsp3) is 1.00. The zero-order valence-corrected chi connectivity index (χ0v) is 14.1. The smallest absolute Gasteiger partial charge is 0.0128 e. The Labute approximate surface area is 121 Å². The van der Waals surface area contributed by atoms with Crippen LogP contribution in [0.1, 0.15) is 67.2 Å². The van der Waals surface area contributed by atoms with Crippen molar-refractivity contribution in [1.82, 2.24) is 10.2 Å². The molecule has 0 aromatic carbocycles. The zero-order chi connectivity index (χ0) is 14.5. The van der Waals surface area contributed by atoms with Gasteiger partial charge in [-0.15, -0.1) is 0 Å². The van der Waals surface area contributed by atoms with E-state index in [0.717, 1.165) is 18.5 Å². The molecule has 114 valence electrons. The Morgan fingerprint density at radius 3 is 2.47 bits per heavy atom. The standard InChI is InChI=1S/C17H36N2/c1-7-11-18-16(17(4,5)6)10-13-19-12-8-9-15(19)14(2)3/h14-16,18H,7-13H2,1-6H3. The van der Waals surface area contributed by atoms with Crippen molar-refractivity contribution < 1.29 is 0 Å². The summed E-state index contributed by atoms with van der Waals surface area (Å²) < 4.78 is 0. The van der Waals surface area contributed by atoms with Gasteiger partial charge in [0, 0.05) is 12.1 Å². The van der Waals surface area contributed by atoms with Crippen LogP contribution in [0.25, 0.3) is 0 Å². The summed E-state index contributed by atoms with van der Waals surface area (Å²) in [6.45, 7) is 17.8. The minimum absolute atomic E-state index is 0.363. The van der Waals surface area contributed by atoms with Gasteiger partial charge in [0.1, 0.15) is 0 Å². The van der Waals surface area contributed by atoms with E-state index in [1.807, 2.05) is 0 Å². The van der Waals surface area contributed by atoms with Crippen LogP contribution in [-0.4, -0.2) is 36.6 Å². The van der Waals surface area contributed by atoms with Crippen molar-refractivity contribution in [2.75, 3.05) is 19.6 Å². The van der Waals surface area contributed by atoms with Crippen molar-refractivity contribution in [3.8, 4) is 0 Å². The zero-order valence-electron chi connectivity index (χ0n) is 14.1. The van der Waals surface area contributed by atoms with E-state index in [4.69, 9.17) is 0 Å². The number of nitrogens with one attached hydrogen (secondary N) is 1. The summed E-state index contributed by atoms with van der Waals surface area (Å²) in [6, 6.07) is 1.47. The highest BCUT2D eigenvalue weighted by atomic mass is 15.2. The Morgan fingerprint density at radius 2 is 1.95 bits per heavy atom. The lowest BCUT2D eigenvalue weighted by Gasteiger charge is -2.35. The molecule has 2 heteroatoms. The van der Waals surface area contributed by atoms with Crippen molar-refractivity contribution in [2.45, 2.75) is 79.3 Å². The van der Waals surface area contributed by atoms with E-state index >= 15 is 0 Å². The van der Waals surface area contributed by atoms with Gasteiger partial charge in [0.15, 0.2) is 0 Å². The SMILES string of the molecule is CCCNC(CCN1CCCC1C(C)C)C(C)(C)C. The first-order valence-corrected chi connectivity index (χ1v) is 8.33. The quantitative estimate of drug-likeness (QED) is 0.753. The van der Waals surface area contributed by atoms with E-state index in [1.165, 1.54) is 38.8 Å². The molecular weight excluding hydrogens is 232 g/mol. The minimum atomic E-state index is 0.363. The lowest BCUT2D eigenvalue weighted by atomic mass is 9.84. The summed E-state index contributed by atoms with van der Waals surface area (Å²) in [5.74, 6) is 0.805. The molecule has 0 bridgehead atoms. The average molecular weight is 268 g/mol. The molecule has 1 rings (SSSR count). The van der Waals surface area contributed by atoms with Gasteiger partial charge in [0.25, 0.3) is 0 Å². The summed E-state index contributed by atoms with van der Waals surface area (Å²) in [7, 11) is 0.